The third-order valence-corrected chi connectivity index (χ3v) is 4.66. The van der Waals surface area contributed by atoms with Crippen molar-refractivity contribution in [1.82, 2.24) is 14.0 Å². The SMILES string of the molecule is N#CCC(=O)Cc1cn(CCCC(F)(F)F)c2nc(-c3ccc(Cl)cc3)cn2c1=O. The number of Topliss-reactive ketones (excluding diaryl/α,β-unsaturated/α-hetero) is 1. The molecule has 0 aliphatic carbocycles. The molecule has 3 rings (SSSR count). The van der Waals surface area contributed by atoms with Gasteiger partial charge in [0.2, 0.25) is 5.78 Å². The van der Waals surface area contributed by atoms with E-state index in [1.165, 1.54) is 21.4 Å². The first-order valence-electron chi connectivity index (χ1n) is 9.00. The van der Waals surface area contributed by atoms with Crippen LogP contribution in [0.5, 0.6) is 0 Å². The highest BCUT2D eigenvalue weighted by atomic mass is 35.5. The average molecular weight is 437 g/mol. The summed E-state index contributed by atoms with van der Waals surface area (Å²) < 4.78 is 40.3. The summed E-state index contributed by atoms with van der Waals surface area (Å²) in [7, 11) is 0. The predicted molar refractivity (Wildman–Crippen MR) is 104 cm³/mol. The van der Waals surface area contributed by atoms with Crippen LogP contribution in [0.3, 0.4) is 0 Å². The maximum absolute atomic E-state index is 12.8. The largest absolute Gasteiger partial charge is 0.389 e. The molecule has 1 aromatic carbocycles. The summed E-state index contributed by atoms with van der Waals surface area (Å²) in [5.74, 6) is -0.280. The molecule has 0 saturated heterocycles. The van der Waals surface area contributed by atoms with Gasteiger partial charge in [0.05, 0.1) is 18.2 Å². The first-order valence-corrected chi connectivity index (χ1v) is 9.38. The maximum atomic E-state index is 12.8. The van der Waals surface area contributed by atoms with Gasteiger partial charge >= 0.3 is 6.18 Å². The van der Waals surface area contributed by atoms with Crippen LogP contribution < -0.4 is 5.56 Å². The summed E-state index contributed by atoms with van der Waals surface area (Å²) in [6.07, 6.45) is -3.32. The summed E-state index contributed by atoms with van der Waals surface area (Å²) in [6, 6.07) is 8.45. The number of alkyl halides is 3. The lowest BCUT2D eigenvalue weighted by Crippen LogP contribution is -2.24. The van der Waals surface area contributed by atoms with Crippen molar-refractivity contribution in [2.45, 2.75) is 38.4 Å². The molecule has 0 bridgehead atoms. The van der Waals surface area contributed by atoms with E-state index in [4.69, 9.17) is 16.9 Å². The van der Waals surface area contributed by atoms with E-state index in [-0.39, 0.29) is 37.1 Å². The van der Waals surface area contributed by atoms with Gasteiger partial charge in [-0.25, -0.2) is 4.98 Å². The first-order chi connectivity index (χ1) is 14.2. The number of aryl methyl sites for hydroxylation is 1. The number of aromatic nitrogens is 3. The fourth-order valence-corrected chi connectivity index (χ4v) is 3.16. The van der Waals surface area contributed by atoms with Gasteiger partial charge in [0.25, 0.3) is 5.56 Å². The van der Waals surface area contributed by atoms with Crippen molar-refractivity contribution in [1.29, 1.82) is 5.26 Å². The molecule has 0 spiro atoms. The quantitative estimate of drug-likeness (QED) is 0.556. The lowest BCUT2D eigenvalue weighted by Gasteiger charge is -2.11. The van der Waals surface area contributed by atoms with E-state index >= 15 is 0 Å². The van der Waals surface area contributed by atoms with Gasteiger partial charge in [0.15, 0.2) is 5.78 Å². The molecule has 0 amide bonds. The molecule has 0 unspecified atom stereocenters. The normalized spacial score (nSPS) is 11.6. The zero-order chi connectivity index (χ0) is 21.9. The molecule has 0 atom stereocenters. The molecule has 10 heteroatoms. The maximum Gasteiger partial charge on any atom is 0.389 e. The fraction of sp³-hybridized carbons (Fsp3) is 0.300. The number of benzene rings is 1. The topological polar surface area (TPSA) is 80.2 Å². The van der Waals surface area contributed by atoms with E-state index in [2.05, 4.69) is 4.98 Å². The minimum atomic E-state index is -4.30. The molecule has 0 radical (unpaired) electrons. The van der Waals surface area contributed by atoms with E-state index in [1.54, 1.807) is 30.3 Å². The Morgan fingerprint density at radius 2 is 1.90 bits per heavy atom. The molecule has 0 aliphatic heterocycles. The van der Waals surface area contributed by atoms with Crippen molar-refractivity contribution in [3.8, 4) is 17.3 Å². The molecular formula is C20H16ClF3N4O2. The Kier molecular flexibility index (Phi) is 6.27. The molecule has 0 N–H and O–H groups in total. The smallest absolute Gasteiger partial charge is 0.318 e. The van der Waals surface area contributed by atoms with Gasteiger partial charge < -0.3 is 4.57 Å². The summed E-state index contributed by atoms with van der Waals surface area (Å²) in [6.45, 7) is -0.0419. The second-order valence-electron chi connectivity index (χ2n) is 6.72. The number of nitrogens with zero attached hydrogens (tertiary/aromatic N) is 4. The van der Waals surface area contributed by atoms with Gasteiger partial charge in [-0.2, -0.15) is 18.4 Å². The van der Waals surface area contributed by atoms with Crippen molar-refractivity contribution >= 4 is 23.2 Å². The van der Waals surface area contributed by atoms with Gasteiger partial charge in [0, 0.05) is 47.9 Å². The Bertz CT molecular complexity index is 1170. The number of ketones is 1. The Hall–Kier alpha value is -3.12. The van der Waals surface area contributed by atoms with Crippen LogP contribution in [0.1, 0.15) is 24.8 Å². The van der Waals surface area contributed by atoms with Gasteiger partial charge in [-0.1, -0.05) is 23.7 Å². The van der Waals surface area contributed by atoms with Crippen LogP contribution in [0.4, 0.5) is 13.2 Å². The monoisotopic (exact) mass is 436 g/mol. The van der Waals surface area contributed by atoms with E-state index in [0.29, 0.717) is 16.3 Å². The zero-order valence-electron chi connectivity index (χ0n) is 15.6. The fourth-order valence-electron chi connectivity index (χ4n) is 3.04. The minimum absolute atomic E-state index is 0.0419. The van der Waals surface area contributed by atoms with Crippen molar-refractivity contribution in [3.05, 3.63) is 57.6 Å². The van der Waals surface area contributed by atoms with E-state index in [1.807, 2.05) is 0 Å². The number of carbonyl (C=O) groups is 1. The Morgan fingerprint density at radius 3 is 2.53 bits per heavy atom. The van der Waals surface area contributed by atoms with Crippen molar-refractivity contribution in [2.24, 2.45) is 0 Å². The lowest BCUT2D eigenvalue weighted by molar-refractivity contribution is -0.135. The second-order valence-corrected chi connectivity index (χ2v) is 7.16. The molecule has 156 valence electrons. The number of imidazole rings is 1. The summed E-state index contributed by atoms with van der Waals surface area (Å²) in [5, 5.41) is 9.19. The minimum Gasteiger partial charge on any atom is -0.318 e. The molecule has 6 nitrogen and oxygen atoms in total. The summed E-state index contributed by atoms with van der Waals surface area (Å²) in [4.78, 5) is 29.1. The number of hydrogen-bond acceptors (Lipinski definition) is 4. The van der Waals surface area contributed by atoms with Crippen molar-refractivity contribution < 1.29 is 18.0 Å². The van der Waals surface area contributed by atoms with E-state index < -0.39 is 23.9 Å². The lowest BCUT2D eigenvalue weighted by atomic mass is 10.1. The van der Waals surface area contributed by atoms with Crippen LogP contribution in [-0.2, 0) is 17.8 Å². The molecule has 2 heterocycles. The van der Waals surface area contributed by atoms with Crippen molar-refractivity contribution in [2.75, 3.05) is 0 Å². The van der Waals surface area contributed by atoms with Crippen LogP contribution in [0, 0.1) is 11.3 Å². The zero-order valence-corrected chi connectivity index (χ0v) is 16.4. The molecule has 0 aliphatic rings. The number of fused-ring (bicyclic) bond motifs is 1. The van der Waals surface area contributed by atoms with E-state index in [0.717, 1.165) is 0 Å². The number of nitriles is 1. The van der Waals surface area contributed by atoms with Crippen LogP contribution in [0.15, 0.2) is 41.5 Å². The summed E-state index contributed by atoms with van der Waals surface area (Å²) >= 11 is 5.89. The average Bonchev–Trinajstić information content (AvgIpc) is 3.11. The van der Waals surface area contributed by atoms with Crippen LogP contribution in [-0.4, -0.2) is 25.9 Å². The van der Waals surface area contributed by atoms with Crippen LogP contribution in [0.2, 0.25) is 5.02 Å². The Morgan fingerprint density at radius 1 is 1.20 bits per heavy atom. The van der Waals surface area contributed by atoms with Gasteiger partial charge in [-0.3, -0.25) is 14.0 Å². The van der Waals surface area contributed by atoms with Crippen LogP contribution in [0.25, 0.3) is 17.0 Å². The van der Waals surface area contributed by atoms with E-state index in [9.17, 15) is 22.8 Å². The third-order valence-electron chi connectivity index (χ3n) is 4.41. The third kappa shape index (κ3) is 5.07. The molecule has 30 heavy (non-hydrogen) atoms. The predicted octanol–water partition coefficient (Wildman–Crippen LogP) is 4.18. The van der Waals surface area contributed by atoms with Gasteiger partial charge in [-0.15, -0.1) is 0 Å². The highest BCUT2D eigenvalue weighted by molar-refractivity contribution is 6.30. The molecule has 3 aromatic rings. The number of halogens is 4. The summed E-state index contributed by atoms with van der Waals surface area (Å²) in [5.41, 5.74) is 0.700. The van der Waals surface area contributed by atoms with Crippen LogP contribution >= 0.6 is 11.6 Å². The molecule has 0 fully saturated rings. The number of hydrogen-bond donors (Lipinski definition) is 0. The molecule has 0 saturated carbocycles. The van der Waals surface area contributed by atoms with Gasteiger partial charge in [0.1, 0.15) is 0 Å². The van der Waals surface area contributed by atoms with Gasteiger partial charge in [-0.05, 0) is 18.6 Å². The second kappa shape index (κ2) is 8.71. The molecule has 2 aromatic heterocycles. The highest BCUT2D eigenvalue weighted by Gasteiger charge is 2.26. The molecular weight excluding hydrogens is 421 g/mol. The highest BCUT2D eigenvalue weighted by Crippen LogP contribution is 2.23. The number of rotatable bonds is 7. The Labute approximate surface area is 174 Å². The Balaban J connectivity index is 2.06. The number of carbonyl (C=O) groups excluding carboxylic acids is 1. The standard InChI is InChI=1S/C20H16ClF3N4O2/c21-15-4-2-13(3-5-15)17-12-28-18(30)14(10-16(29)6-8-25)11-27(19(28)26-17)9-1-7-20(22,23)24/h2-5,11-12H,1,6-7,9-10H2. The first kappa shape index (κ1) is 21.6. The van der Waals surface area contributed by atoms with Crippen molar-refractivity contribution in [3.63, 3.8) is 0 Å².